The van der Waals surface area contributed by atoms with E-state index >= 15 is 0 Å². The van der Waals surface area contributed by atoms with Crippen LogP contribution in [0.25, 0.3) is 0 Å². The van der Waals surface area contributed by atoms with Crippen molar-refractivity contribution in [2.45, 2.75) is 70.3 Å². The number of anilines is 3. The lowest BCUT2D eigenvalue weighted by Crippen LogP contribution is -2.36. The summed E-state index contributed by atoms with van der Waals surface area (Å²) in [6.07, 6.45) is 13.0. The van der Waals surface area contributed by atoms with Gasteiger partial charge in [0.25, 0.3) is 10.9 Å². The maximum atomic E-state index is 11.9. The highest BCUT2D eigenvalue weighted by atomic mass is 16.7. The number of nitrogens with one attached hydrogen (secondary N) is 3. The molecule has 8 heteroatoms. The molecule has 0 unspecified atom stereocenters. The van der Waals surface area contributed by atoms with Gasteiger partial charge in [-0.15, -0.1) is 0 Å². The fourth-order valence-corrected chi connectivity index (χ4v) is 3.62. The van der Waals surface area contributed by atoms with Gasteiger partial charge in [-0.05, 0) is 37.8 Å². The van der Waals surface area contributed by atoms with Gasteiger partial charge in [0.05, 0.1) is 6.10 Å². The van der Waals surface area contributed by atoms with E-state index in [2.05, 4.69) is 21.1 Å². The van der Waals surface area contributed by atoms with Gasteiger partial charge < -0.3 is 10.6 Å². The standard InChI is InChI=1S/C22H30N4O4/c27-18(26-30-17-8-4-1-2-5-9-17)10-6-3-7-13-24-19-20(22(29)21(19)28)25-16-11-14-23-15-12-16/h11-12,14-15,17,24H,1-10,13H2,(H,23,25)(H,26,27). The number of hydrogen-bond acceptors (Lipinski definition) is 7. The molecule has 1 aliphatic carbocycles. The third-order valence-corrected chi connectivity index (χ3v) is 5.38. The van der Waals surface area contributed by atoms with E-state index in [1.807, 2.05) is 0 Å². The van der Waals surface area contributed by atoms with Crippen LogP contribution in [0.5, 0.6) is 0 Å². The maximum absolute atomic E-state index is 11.9. The largest absolute Gasteiger partial charge is 0.380 e. The zero-order chi connectivity index (χ0) is 21.2. The van der Waals surface area contributed by atoms with Crippen LogP contribution >= 0.6 is 0 Å². The molecule has 0 bridgehead atoms. The van der Waals surface area contributed by atoms with Crippen LogP contribution in [-0.4, -0.2) is 23.5 Å². The van der Waals surface area contributed by atoms with E-state index in [9.17, 15) is 14.4 Å². The first-order chi connectivity index (χ1) is 14.6. The molecule has 1 aromatic heterocycles. The molecule has 1 saturated carbocycles. The monoisotopic (exact) mass is 414 g/mol. The summed E-state index contributed by atoms with van der Waals surface area (Å²) < 4.78 is 0. The minimum atomic E-state index is -0.514. The fourth-order valence-electron chi connectivity index (χ4n) is 3.62. The highest BCUT2D eigenvalue weighted by molar-refractivity contribution is 5.78. The molecule has 1 aliphatic rings. The Morgan fingerprint density at radius 1 is 0.967 bits per heavy atom. The summed E-state index contributed by atoms with van der Waals surface area (Å²) in [7, 11) is 0. The van der Waals surface area contributed by atoms with Crippen molar-refractivity contribution in [1.29, 1.82) is 0 Å². The summed E-state index contributed by atoms with van der Waals surface area (Å²) in [6.45, 7) is 0.566. The predicted octanol–water partition coefficient (Wildman–Crippen LogP) is 3.16. The van der Waals surface area contributed by atoms with Gasteiger partial charge in [-0.3, -0.25) is 24.2 Å². The van der Waals surface area contributed by atoms with Gasteiger partial charge in [0.15, 0.2) is 0 Å². The summed E-state index contributed by atoms with van der Waals surface area (Å²) >= 11 is 0. The van der Waals surface area contributed by atoms with E-state index in [1.165, 1.54) is 12.8 Å². The Kier molecular flexibility index (Phi) is 8.38. The Morgan fingerprint density at radius 2 is 1.67 bits per heavy atom. The van der Waals surface area contributed by atoms with Crippen molar-refractivity contribution in [3.05, 3.63) is 45.0 Å². The summed E-state index contributed by atoms with van der Waals surface area (Å²) in [5.41, 5.74) is 2.90. The number of carbonyl (C=O) groups excluding carboxylic acids is 1. The number of unbranched alkanes of at least 4 members (excludes halogenated alkanes) is 2. The van der Waals surface area contributed by atoms with Crippen LogP contribution in [0, 0.1) is 0 Å². The smallest absolute Gasteiger partial charge is 0.253 e. The molecule has 162 valence electrons. The quantitative estimate of drug-likeness (QED) is 0.224. The minimum absolute atomic E-state index is 0.0847. The summed E-state index contributed by atoms with van der Waals surface area (Å²) in [4.78, 5) is 45.0. The van der Waals surface area contributed by atoms with E-state index < -0.39 is 10.9 Å². The molecule has 1 fully saturated rings. The molecule has 3 rings (SSSR count). The minimum Gasteiger partial charge on any atom is -0.380 e. The van der Waals surface area contributed by atoms with E-state index in [0.29, 0.717) is 30.0 Å². The van der Waals surface area contributed by atoms with E-state index in [4.69, 9.17) is 4.84 Å². The summed E-state index contributed by atoms with van der Waals surface area (Å²) in [5.74, 6) is -0.0847. The van der Waals surface area contributed by atoms with Gasteiger partial charge >= 0.3 is 0 Å². The number of amides is 1. The van der Waals surface area contributed by atoms with Crippen LogP contribution in [0.1, 0.15) is 64.2 Å². The molecule has 0 radical (unpaired) electrons. The highest BCUT2D eigenvalue weighted by Gasteiger charge is 2.20. The fraction of sp³-hybridized carbons (Fsp3) is 0.545. The van der Waals surface area contributed by atoms with Crippen LogP contribution in [0.3, 0.4) is 0 Å². The highest BCUT2D eigenvalue weighted by Crippen LogP contribution is 2.20. The molecule has 0 spiro atoms. The molecule has 8 nitrogen and oxygen atoms in total. The molecular formula is C22H30N4O4. The van der Waals surface area contributed by atoms with Crippen LogP contribution in [-0.2, 0) is 9.63 Å². The predicted molar refractivity (Wildman–Crippen MR) is 117 cm³/mol. The van der Waals surface area contributed by atoms with Crippen molar-refractivity contribution in [3.63, 3.8) is 0 Å². The number of carbonyl (C=O) groups is 1. The van der Waals surface area contributed by atoms with E-state index in [0.717, 1.165) is 44.9 Å². The average Bonchev–Trinajstić information content (AvgIpc) is 3.05. The topological polar surface area (TPSA) is 109 Å². The number of hydrogen-bond donors (Lipinski definition) is 3. The Labute approximate surface area is 176 Å². The second-order valence-corrected chi connectivity index (χ2v) is 7.76. The van der Waals surface area contributed by atoms with E-state index in [1.54, 1.807) is 24.5 Å². The average molecular weight is 415 g/mol. The number of rotatable bonds is 11. The number of nitrogens with zero attached hydrogens (tertiary/aromatic N) is 1. The van der Waals surface area contributed by atoms with Crippen LogP contribution < -0.4 is 27.0 Å². The Balaban J connectivity index is 1.29. The molecule has 30 heavy (non-hydrogen) atoms. The van der Waals surface area contributed by atoms with Crippen LogP contribution in [0.4, 0.5) is 17.1 Å². The van der Waals surface area contributed by atoms with Crippen LogP contribution in [0.15, 0.2) is 34.1 Å². The zero-order valence-corrected chi connectivity index (χ0v) is 17.2. The first kappa shape index (κ1) is 22.0. The SMILES string of the molecule is O=C(CCCCCNc1c(Nc2ccncc2)c(=O)c1=O)NOC1CCCCCC1. The van der Waals surface area contributed by atoms with Gasteiger partial charge in [-0.2, -0.15) is 0 Å². The second-order valence-electron chi connectivity index (χ2n) is 7.76. The molecule has 1 heterocycles. The molecule has 0 aliphatic heterocycles. The molecule has 1 aromatic carbocycles. The van der Waals surface area contributed by atoms with Gasteiger partial charge in [-0.1, -0.05) is 32.1 Å². The lowest BCUT2D eigenvalue weighted by atomic mass is 10.1. The van der Waals surface area contributed by atoms with Crippen molar-refractivity contribution in [2.75, 3.05) is 17.2 Å². The summed E-state index contributed by atoms with van der Waals surface area (Å²) in [5, 5.41) is 6.00. The van der Waals surface area contributed by atoms with Crippen molar-refractivity contribution >= 4 is 23.0 Å². The zero-order valence-electron chi connectivity index (χ0n) is 17.2. The first-order valence-corrected chi connectivity index (χ1v) is 10.8. The molecular weight excluding hydrogens is 384 g/mol. The van der Waals surface area contributed by atoms with E-state index in [-0.39, 0.29) is 12.0 Å². The Bertz CT molecular complexity index is 869. The molecule has 3 N–H and O–H groups in total. The summed E-state index contributed by atoms with van der Waals surface area (Å²) in [6, 6.07) is 3.45. The maximum Gasteiger partial charge on any atom is 0.253 e. The molecule has 1 amide bonds. The van der Waals surface area contributed by atoms with Gasteiger partial charge in [0.1, 0.15) is 11.4 Å². The van der Waals surface area contributed by atoms with Crippen LogP contribution in [0.2, 0.25) is 0 Å². The van der Waals surface area contributed by atoms with Crippen molar-refractivity contribution in [3.8, 4) is 0 Å². The van der Waals surface area contributed by atoms with Gasteiger partial charge in [0.2, 0.25) is 5.91 Å². The first-order valence-electron chi connectivity index (χ1n) is 10.8. The lowest BCUT2D eigenvalue weighted by molar-refractivity contribution is -0.139. The van der Waals surface area contributed by atoms with Gasteiger partial charge in [-0.25, -0.2) is 5.48 Å². The third-order valence-electron chi connectivity index (χ3n) is 5.38. The van der Waals surface area contributed by atoms with Crippen molar-refractivity contribution < 1.29 is 9.63 Å². The van der Waals surface area contributed by atoms with Crippen molar-refractivity contribution in [2.24, 2.45) is 0 Å². The normalized spacial score (nSPS) is 14.9. The lowest BCUT2D eigenvalue weighted by Gasteiger charge is -2.15. The number of pyridine rings is 1. The Hall–Kier alpha value is -2.74. The van der Waals surface area contributed by atoms with Gasteiger partial charge in [0, 0.05) is 31.0 Å². The van der Waals surface area contributed by atoms with Crippen molar-refractivity contribution in [1.82, 2.24) is 10.5 Å². The number of hydroxylamine groups is 1. The Morgan fingerprint density at radius 3 is 2.40 bits per heavy atom. The number of aromatic nitrogens is 1. The molecule has 0 atom stereocenters. The second kappa shape index (κ2) is 11.4. The molecule has 2 aromatic rings. The molecule has 0 saturated heterocycles. The third kappa shape index (κ3) is 6.38.